The van der Waals surface area contributed by atoms with Gasteiger partial charge in [0.05, 0.1) is 22.9 Å². The molecule has 0 aliphatic carbocycles. The molecule has 0 saturated heterocycles. The summed E-state index contributed by atoms with van der Waals surface area (Å²) in [5, 5.41) is 33.3. The quantitative estimate of drug-likeness (QED) is 0.249. The molecule has 35 heavy (non-hydrogen) atoms. The second-order valence-electron chi connectivity index (χ2n) is 10.7. The molecule has 1 heterocycles. The van der Waals surface area contributed by atoms with Gasteiger partial charge in [0.25, 0.3) is 0 Å². The molecule has 7 heteroatoms. The molecule has 3 N–H and O–H groups in total. The third-order valence-corrected chi connectivity index (χ3v) is 8.11. The SMILES string of the molecule is C/C(=C/C[C@H](O)/C(C)=C/c1csc(C)n1)CCC[C@H](C)[C@H](O)[C@@H](C)C(=O)C(C)(C)[C@@H](C)CC(=O)O. The lowest BCUT2D eigenvalue weighted by Crippen LogP contribution is -2.42. The van der Waals surface area contributed by atoms with Crippen molar-refractivity contribution < 1.29 is 24.9 Å². The van der Waals surface area contributed by atoms with E-state index < -0.39 is 29.5 Å². The number of carboxylic acid groups (broad SMARTS) is 1. The lowest BCUT2D eigenvalue weighted by Gasteiger charge is -2.35. The molecule has 0 saturated carbocycles. The summed E-state index contributed by atoms with van der Waals surface area (Å²) in [6.45, 7) is 14.9. The van der Waals surface area contributed by atoms with E-state index in [1.165, 1.54) is 5.57 Å². The summed E-state index contributed by atoms with van der Waals surface area (Å²) in [5.74, 6) is -1.93. The van der Waals surface area contributed by atoms with Gasteiger partial charge in [0.1, 0.15) is 5.78 Å². The zero-order valence-corrected chi connectivity index (χ0v) is 23.5. The molecular weight excluding hydrogens is 462 g/mol. The number of carboxylic acids is 1. The van der Waals surface area contributed by atoms with Gasteiger partial charge in [0.15, 0.2) is 0 Å². The number of nitrogens with zero attached hydrogens (tertiary/aromatic N) is 1. The predicted molar refractivity (Wildman–Crippen MR) is 143 cm³/mol. The highest BCUT2D eigenvalue weighted by Gasteiger charge is 2.40. The Balaban J connectivity index is 2.54. The van der Waals surface area contributed by atoms with Crippen LogP contribution in [0, 0.1) is 30.1 Å². The first kappa shape index (κ1) is 31.2. The summed E-state index contributed by atoms with van der Waals surface area (Å²) in [6, 6.07) is 0. The van der Waals surface area contributed by atoms with Crippen molar-refractivity contribution in [2.45, 2.75) is 99.7 Å². The van der Waals surface area contributed by atoms with Crippen LogP contribution in [0.5, 0.6) is 0 Å². The smallest absolute Gasteiger partial charge is 0.303 e. The lowest BCUT2D eigenvalue weighted by atomic mass is 9.69. The number of aliphatic hydroxyl groups is 2. The monoisotopic (exact) mass is 507 g/mol. The number of aryl methyl sites for hydroxylation is 1. The normalized spacial score (nSPS) is 17.5. The van der Waals surface area contributed by atoms with E-state index in [4.69, 9.17) is 5.11 Å². The fraction of sp³-hybridized carbons (Fsp3) is 0.679. The predicted octanol–water partition coefficient (Wildman–Crippen LogP) is 6.06. The first-order valence-electron chi connectivity index (χ1n) is 12.5. The number of carbonyl (C=O) groups excluding carboxylic acids is 1. The summed E-state index contributed by atoms with van der Waals surface area (Å²) in [7, 11) is 0. The van der Waals surface area contributed by atoms with E-state index in [1.54, 1.807) is 39.0 Å². The fourth-order valence-corrected chi connectivity index (χ4v) is 4.82. The van der Waals surface area contributed by atoms with Crippen molar-refractivity contribution in [3.63, 3.8) is 0 Å². The number of aliphatic hydroxyl groups excluding tert-OH is 2. The van der Waals surface area contributed by atoms with Crippen LogP contribution in [-0.4, -0.2) is 44.3 Å². The van der Waals surface area contributed by atoms with E-state index in [2.05, 4.69) is 18.0 Å². The van der Waals surface area contributed by atoms with E-state index in [9.17, 15) is 19.8 Å². The molecule has 0 spiro atoms. The van der Waals surface area contributed by atoms with Gasteiger partial charge >= 0.3 is 5.97 Å². The third-order valence-electron chi connectivity index (χ3n) is 7.31. The van der Waals surface area contributed by atoms with Gasteiger partial charge in [-0.25, -0.2) is 4.98 Å². The summed E-state index contributed by atoms with van der Waals surface area (Å²) in [4.78, 5) is 28.5. The summed E-state index contributed by atoms with van der Waals surface area (Å²) in [5.41, 5.74) is 2.14. The molecule has 0 bridgehead atoms. The standard InChI is InChI=1S/C28H45NO5S/c1-17(12-13-24(30)19(3)14-23-16-35-22(6)29-23)10-9-11-18(2)26(33)21(5)27(34)28(7,8)20(4)15-25(31)32/h12,14,16,18,20-21,24,26,30,33H,9-11,13,15H2,1-8H3,(H,31,32)/b17-12-,19-14+/t18-,20-,21+,24-,26-/m0/s1. The number of aliphatic carboxylic acids is 1. The summed E-state index contributed by atoms with van der Waals surface area (Å²) >= 11 is 1.59. The molecule has 5 atom stereocenters. The molecular formula is C28H45NO5S. The van der Waals surface area contributed by atoms with Crippen molar-refractivity contribution >= 4 is 29.2 Å². The molecule has 0 aliphatic rings. The third kappa shape index (κ3) is 9.98. The highest BCUT2D eigenvalue weighted by atomic mass is 32.1. The highest BCUT2D eigenvalue weighted by Crippen LogP contribution is 2.35. The number of hydrogen-bond donors (Lipinski definition) is 3. The van der Waals surface area contributed by atoms with Gasteiger partial charge in [0.2, 0.25) is 0 Å². The summed E-state index contributed by atoms with van der Waals surface area (Å²) < 4.78 is 0. The Kier molecular flexibility index (Phi) is 12.5. The Labute approximate surface area is 215 Å². The number of ketones is 1. The van der Waals surface area contributed by atoms with Gasteiger partial charge in [-0.2, -0.15) is 0 Å². The van der Waals surface area contributed by atoms with E-state index in [0.717, 1.165) is 35.5 Å². The van der Waals surface area contributed by atoms with Gasteiger partial charge < -0.3 is 15.3 Å². The van der Waals surface area contributed by atoms with Crippen molar-refractivity contribution in [3.05, 3.63) is 33.3 Å². The number of aromatic nitrogens is 1. The Hall–Kier alpha value is -1.83. The van der Waals surface area contributed by atoms with Crippen molar-refractivity contribution in [2.24, 2.45) is 23.2 Å². The zero-order valence-electron chi connectivity index (χ0n) is 22.7. The van der Waals surface area contributed by atoms with Gasteiger partial charge in [-0.1, -0.05) is 46.3 Å². The van der Waals surface area contributed by atoms with E-state index in [-0.39, 0.29) is 24.0 Å². The van der Waals surface area contributed by atoms with Crippen LogP contribution in [0.1, 0.15) is 91.3 Å². The van der Waals surface area contributed by atoms with Crippen LogP contribution < -0.4 is 0 Å². The molecule has 6 nitrogen and oxygen atoms in total. The molecule has 0 fully saturated rings. The maximum atomic E-state index is 13.0. The molecule has 0 aliphatic heterocycles. The average Bonchev–Trinajstić information content (AvgIpc) is 3.19. The van der Waals surface area contributed by atoms with Crippen molar-refractivity contribution in [3.8, 4) is 0 Å². The van der Waals surface area contributed by atoms with Crippen molar-refractivity contribution in [1.29, 1.82) is 0 Å². The number of Topliss-reactive ketones (excluding diaryl/α,β-unsaturated/α-hetero) is 1. The molecule has 1 aromatic heterocycles. The topological polar surface area (TPSA) is 108 Å². The molecule has 0 unspecified atom stereocenters. The van der Waals surface area contributed by atoms with Crippen molar-refractivity contribution in [1.82, 2.24) is 4.98 Å². The van der Waals surface area contributed by atoms with Gasteiger partial charge in [-0.15, -0.1) is 11.3 Å². The second kappa shape index (κ2) is 14.0. The largest absolute Gasteiger partial charge is 0.481 e. The van der Waals surface area contributed by atoms with Crippen LogP contribution in [0.25, 0.3) is 6.08 Å². The van der Waals surface area contributed by atoms with Crippen molar-refractivity contribution in [2.75, 3.05) is 0 Å². The first-order chi connectivity index (χ1) is 16.2. The van der Waals surface area contributed by atoms with Crippen LogP contribution in [0.4, 0.5) is 0 Å². The average molecular weight is 508 g/mol. The molecule has 0 amide bonds. The van der Waals surface area contributed by atoms with Crippen LogP contribution in [0.3, 0.4) is 0 Å². The second-order valence-corrected chi connectivity index (χ2v) is 11.8. The number of thiazole rings is 1. The Morgan fingerprint density at radius 3 is 2.34 bits per heavy atom. The van der Waals surface area contributed by atoms with Crippen LogP contribution in [0.2, 0.25) is 0 Å². The first-order valence-corrected chi connectivity index (χ1v) is 13.4. The molecule has 0 radical (unpaired) electrons. The fourth-order valence-electron chi connectivity index (χ4n) is 4.24. The zero-order chi connectivity index (χ0) is 26.9. The Bertz CT molecular complexity index is 901. The van der Waals surface area contributed by atoms with Gasteiger partial charge in [-0.3, -0.25) is 9.59 Å². The molecule has 0 aromatic carbocycles. The van der Waals surface area contributed by atoms with Crippen LogP contribution in [0.15, 0.2) is 22.6 Å². The maximum absolute atomic E-state index is 13.0. The highest BCUT2D eigenvalue weighted by molar-refractivity contribution is 7.09. The van der Waals surface area contributed by atoms with Gasteiger partial charge in [0, 0.05) is 23.1 Å². The molecule has 1 aromatic rings. The minimum atomic E-state index is -0.920. The van der Waals surface area contributed by atoms with Crippen LogP contribution >= 0.6 is 11.3 Å². The number of carbonyl (C=O) groups is 2. The Morgan fingerprint density at radius 2 is 1.80 bits per heavy atom. The molecule has 1 rings (SSSR count). The maximum Gasteiger partial charge on any atom is 0.303 e. The molecule has 198 valence electrons. The lowest BCUT2D eigenvalue weighted by molar-refractivity contribution is -0.142. The summed E-state index contributed by atoms with van der Waals surface area (Å²) in [6.07, 6.45) is 5.66. The van der Waals surface area contributed by atoms with Gasteiger partial charge in [-0.05, 0) is 69.9 Å². The minimum absolute atomic E-state index is 0.0512. The van der Waals surface area contributed by atoms with E-state index >= 15 is 0 Å². The Morgan fingerprint density at radius 1 is 1.17 bits per heavy atom. The van der Waals surface area contributed by atoms with E-state index in [0.29, 0.717) is 6.42 Å². The number of rotatable bonds is 15. The number of allylic oxidation sites excluding steroid dienone is 1. The van der Waals surface area contributed by atoms with Crippen LogP contribution in [-0.2, 0) is 9.59 Å². The minimum Gasteiger partial charge on any atom is -0.481 e. The van der Waals surface area contributed by atoms with E-state index in [1.807, 2.05) is 32.2 Å². The number of hydrogen-bond acceptors (Lipinski definition) is 6.